The first kappa shape index (κ1) is 28.6. The number of hydrogen-bond donors (Lipinski definition) is 1. The van der Waals surface area contributed by atoms with Crippen LogP contribution in [0.25, 0.3) is 0 Å². The van der Waals surface area contributed by atoms with E-state index >= 15 is 0 Å². The van der Waals surface area contributed by atoms with Crippen LogP contribution in [0.1, 0.15) is 53.7 Å². The standard InChI is InChI=1S/C29H35N3O6/c1-6-36-28(35)29(4,5)38-27-20(2)14-22(15-21(27)3)17-32(19-26-30-12-13-37-26)18-25(34)31-16-24(33)23-10-8-7-9-11-23/h7-15H,6,16-19H2,1-5H3,(H,31,34). The third kappa shape index (κ3) is 8.01. The van der Waals surface area contributed by atoms with E-state index in [1.165, 1.54) is 6.26 Å². The van der Waals surface area contributed by atoms with Crippen molar-refractivity contribution in [3.05, 3.63) is 83.1 Å². The van der Waals surface area contributed by atoms with Gasteiger partial charge >= 0.3 is 5.97 Å². The van der Waals surface area contributed by atoms with Crippen molar-refractivity contribution in [2.24, 2.45) is 0 Å². The van der Waals surface area contributed by atoms with Crippen molar-refractivity contribution in [2.45, 2.75) is 53.3 Å². The number of nitrogens with zero attached hydrogens (tertiary/aromatic N) is 2. The summed E-state index contributed by atoms with van der Waals surface area (Å²) >= 11 is 0. The van der Waals surface area contributed by atoms with E-state index in [-0.39, 0.29) is 31.4 Å². The maximum atomic E-state index is 12.7. The number of rotatable bonds is 13. The summed E-state index contributed by atoms with van der Waals surface area (Å²) in [5.74, 6) is 0.207. The molecule has 3 aromatic rings. The lowest BCUT2D eigenvalue weighted by Crippen LogP contribution is -2.40. The van der Waals surface area contributed by atoms with Crippen molar-refractivity contribution < 1.29 is 28.3 Å². The van der Waals surface area contributed by atoms with E-state index in [1.54, 1.807) is 51.2 Å². The fourth-order valence-electron chi connectivity index (χ4n) is 4.01. The minimum Gasteiger partial charge on any atom is -0.476 e. The van der Waals surface area contributed by atoms with Gasteiger partial charge in [-0.25, -0.2) is 9.78 Å². The number of ether oxygens (including phenoxy) is 2. The number of oxazole rings is 1. The molecule has 0 fully saturated rings. The number of carbonyl (C=O) groups excluding carboxylic acids is 3. The lowest BCUT2D eigenvalue weighted by atomic mass is 10.0. The number of nitrogens with one attached hydrogen (secondary N) is 1. The molecule has 0 aliphatic heterocycles. The van der Waals surface area contributed by atoms with Gasteiger partial charge in [0, 0.05) is 12.1 Å². The zero-order valence-electron chi connectivity index (χ0n) is 22.6. The summed E-state index contributed by atoms with van der Waals surface area (Å²) in [6.07, 6.45) is 3.04. The monoisotopic (exact) mass is 521 g/mol. The second-order valence-corrected chi connectivity index (χ2v) is 9.53. The highest BCUT2D eigenvalue weighted by Gasteiger charge is 2.32. The van der Waals surface area contributed by atoms with Gasteiger partial charge in [-0.2, -0.15) is 0 Å². The fraction of sp³-hybridized carbons (Fsp3) is 0.379. The van der Waals surface area contributed by atoms with Gasteiger partial charge in [-0.15, -0.1) is 0 Å². The van der Waals surface area contributed by atoms with Crippen LogP contribution in [0.15, 0.2) is 59.3 Å². The van der Waals surface area contributed by atoms with Crippen LogP contribution in [0, 0.1) is 13.8 Å². The average Bonchev–Trinajstić information content (AvgIpc) is 3.38. The molecule has 0 atom stereocenters. The smallest absolute Gasteiger partial charge is 0.349 e. The quantitative estimate of drug-likeness (QED) is 0.265. The van der Waals surface area contributed by atoms with Crippen LogP contribution in [0.2, 0.25) is 0 Å². The van der Waals surface area contributed by atoms with Gasteiger partial charge in [0.05, 0.1) is 32.4 Å². The molecular formula is C29H35N3O6. The highest BCUT2D eigenvalue weighted by Crippen LogP contribution is 2.29. The van der Waals surface area contributed by atoms with Gasteiger partial charge in [0.15, 0.2) is 11.4 Å². The Morgan fingerprint density at radius 2 is 1.74 bits per heavy atom. The zero-order chi connectivity index (χ0) is 27.7. The molecule has 9 heteroatoms. The van der Waals surface area contributed by atoms with Crippen LogP contribution in [0.4, 0.5) is 0 Å². The third-order valence-corrected chi connectivity index (χ3v) is 5.80. The maximum absolute atomic E-state index is 12.7. The summed E-state index contributed by atoms with van der Waals surface area (Å²) in [6, 6.07) is 12.8. The molecule has 0 unspecified atom stereocenters. The Kier molecular flexibility index (Phi) is 9.78. The molecular weight excluding hydrogens is 486 g/mol. The summed E-state index contributed by atoms with van der Waals surface area (Å²) in [6.45, 7) is 9.88. The van der Waals surface area contributed by atoms with Crippen molar-refractivity contribution in [3.63, 3.8) is 0 Å². The van der Waals surface area contributed by atoms with Crippen molar-refractivity contribution in [1.82, 2.24) is 15.2 Å². The summed E-state index contributed by atoms with van der Waals surface area (Å²) in [5.41, 5.74) is 2.06. The van der Waals surface area contributed by atoms with Gasteiger partial charge in [0.1, 0.15) is 12.0 Å². The van der Waals surface area contributed by atoms with Gasteiger partial charge in [0.25, 0.3) is 0 Å². The Bertz CT molecular complexity index is 1220. The van der Waals surface area contributed by atoms with Crippen LogP contribution < -0.4 is 10.1 Å². The molecule has 0 radical (unpaired) electrons. The van der Waals surface area contributed by atoms with E-state index in [0.717, 1.165) is 16.7 Å². The second-order valence-electron chi connectivity index (χ2n) is 9.53. The number of hydrogen-bond acceptors (Lipinski definition) is 8. The Morgan fingerprint density at radius 1 is 1.05 bits per heavy atom. The number of aryl methyl sites for hydroxylation is 2. The first-order chi connectivity index (χ1) is 18.1. The molecule has 0 bridgehead atoms. The highest BCUT2D eigenvalue weighted by molar-refractivity contribution is 5.99. The second kappa shape index (κ2) is 13.0. The topological polar surface area (TPSA) is 111 Å². The number of Topliss-reactive ketones (excluding diaryl/α,β-unsaturated/α-hetero) is 1. The van der Waals surface area contributed by atoms with E-state index in [1.807, 2.05) is 36.9 Å². The Hall–Kier alpha value is -3.98. The molecule has 0 aliphatic carbocycles. The summed E-state index contributed by atoms with van der Waals surface area (Å²) < 4.78 is 16.6. The largest absolute Gasteiger partial charge is 0.476 e. The number of carbonyl (C=O) groups is 3. The molecule has 202 valence electrons. The number of benzene rings is 2. The van der Waals surface area contributed by atoms with Gasteiger partial charge in [-0.05, 0) is 51.3 Å². The zero-order valence-corrected chi connectivity index (χ0v) is 22.6. The van der Waals surface area contributed by atoms with E-state index in [4.69, 9.17) is 13.9 Å². The van der Waals surface area contributed by atoms with Gasteiger partial charge in [-0.1, -0.05) is 42.5 Å². The van der Waals surface area contributed by atoms with Crippen LogP contribution in [0.3, 0.4) is 0 Å². The molecule has 3 rings (SSSR count). The molecule has 1 heterocycles. The molecule has 0 aliphatic rings. The van der Waals surface area contributed by atoms with Crippen molar-refractivity contribution in [2.75, 3.05) is 19.7 Å². The molecule has 1 amide bonds. The number of esters is 1. The Labute approximate surface area is 223 Å². The predicted octanol–water partition coefficient (Wildman–Crippen LogP) is 4.01. The maximum Gasteiger partial charge on any atom is 0.349 e. The van der Waals surface area contributed by atoms with Gasteiger partial charge in [-0.3, -0.25) is 14.5 Å². The lowest BCUT2D eigenvalue weighted by molar-refractivity contribution is -0.158. The average molecular weight is 522 g/mol. The molecule has 0 saturated carbocycles. The van der Waals surface area contributed by atoms with Crippen LogP contribution in [0.5, 0.6) is 5.75 Å². The van der Waals surface area contributed by atoms with Crippen LogP contribution in [-0.2, 0) is 27.4 Å². The third-order valence-electron chi connectivity index (χ3n) is 5.80. The first-order valence-electron chi connectivity index (χ1n) is 12.5. The van der Waals surface area contributed by atoms with Gasteiger partial charge < -0.3 is 19.2 Å². The van der Waals surface area contributed by atoms with Gasteiger partial charge in [0.2, 0.25) is 11.8 Å². The summed E-state index contributed by atoms with van der Waals surface area (Å²) in [4.78, 5) is 43.5. The normalized spacial score (nSPS) is 11.3. The van der Waals surface area contributed by atoms with Crippen LogP contribution >= 0.6 is 0 Å². The molecule has 2 aromatic carbocycles. The minimum atomic E-state index is -1.14. The van der Waals surface area contributed by atoms with Crippen molar-refractivity contribution >= 4 is 17.7 Å². The molecule has 1 aromatic heterocycles. The number of aromatic nitrogens is 1. The SMILES string of the molecule is CCOC(=O)C(C)(C)Oc1c(C)cc(CN(CC(=O)NCC(=O)c2ccccc2)Cc2ncco2)cc1C. The van der Waals surface area contributed by atoms with Crippen molar-refractivity contribution in [1.29, 1.82) is 0 Å². The minimum absolute atomic E-state index is 0.0384. The molecule has 38 heavy (non-hydrogen) atoms. The van der Waals surface area contributed by atoms with Crippen molar-refractivity contribution in [3.8, 4) is 5.75 Å². The van der Waals surface area contributed by atoms with E-state index in [2.05, 4.69) is 10.3 Å². The molecule has 0 spiro atoms. The van der Waals surface area contributed by atoms with E-state index in [9.17, 15) is 14.4 Å². The van der Waals surface area contributed by atoms with Crippen LogP contribution in [-0.4, -0.2) is 52.8 Å². The highest BCUT2D eigenvalue weighted by atomic mass is 16.6. The number of ketones is 1. The lowest BCUT2D eigenvalue weighted by Gasteiger charge is -2.27. The Balaban J connectivity index is 1.70. The molecule has 1 N–H and O–H groups in total. The number of amides is 1. The fourth-order valence-corrected chi connectivity index (χ4v) is 4.01. The molecule has 9 nitrogen and oxygen atoms in total. The predicted molar refractivity (Wildman–Crippen MR) is 142 cm³/mol. The van der Waals surface area contributed by atoms with E-state index in [0.29, 0.717) is 30.3 Å². The summed E-state index contributed by atoms with van der Waals surface area (Å²) in [5, 5.41) is 2.71. The Morgan fingerprint density at radius 3 is 2.34 bits per heavy atom. The molecule has 0 saturated heterocycles. The van der Waals surface area contributed by atoms with E-state index < -0.39 is 11.6 Å². The first-order valence-corrected chi connectivity index (χ1v) is 12.5. The summed E-state index contributed by atoms with van der Waals surface area (Å²) in [7, 11) is 0.